The predicted octanol–water partition coefficient (Wildman–Crippen LogP) is 3.38. The number of aryl methyl sites for hydroxylation is 1. The SMILES string of the molecule is Cc1cccc2c1C=NC(CC(C)C)C2. The van der Waals surface area contributed by atoms with Crippen LogP contribution < -0.4 is 0 Å². The largest absolute Gasteiger partial charge is 0.289 e. The van der Waals surface area contributed by atoms with E-state index < -0.39 is 0 Å². The van der Waals surface area contributed by atoms with E-state index in [0.717, 1.165) is 12.3 Å². The molecule has 15 heavy (non-hydrogen) atoms. The molecule has 0 aromatic heterocycles. The molecule has 0 bridgehead atoms. The van der Waals surface area contributed by atoms with Crippen LogP contribution in [-0.2, 0) is 6.42 Å². The Morgan fingerprint density at radius 2 is 2.20 bits per heavy atom. The summed E-state index contributed by atoms with van der Waals surface area (Å²) in [7, 11) is 0. The summed E-state index contributed by atoms with van der Waals surface area (Å²) in [5.41, 5.74) is 4.16. The smallest absolute Gasteiger partial charge is 0.0542 e. The van der Waals surface area contributed by atoms with Gasteiger partial charge in [0.05, 0.1) is 6.04 Å². The van der Waals surface area contributed by atoms with Gasteiger partial charge in [-0.2, -0.15) is 0 Å². The van der Waals surface area contributed by atoms with Gasteiger partial charge in [-0.1, -0.05) is 32.0 Å². The molecule has 1 unspecified atom stereocenters. The molecule has 0 N–H and O–H groups in total. The molecule has 1 heteroatoms. The topological polar surface area (TPSA) is 12.4 Å². The van der Waals surface area contributed by atoms with Crippen molar-refractivity contribution < 1.29 is 0 Å². The molecule has 0 aliphatic carbocycles. The van der Waals surface area contributed by atoms with Crippen LogP contribution in [0.1, 0.15) is 37.0 Å². The summed E-state index contributed by atoms with van der Waals surface area (Å²) in [6.45, 7) is 6.69. The molecule has 0 saturated carbocycles. The average molecular weight is 201 g/mol. The van der Waals surface area contributed by atoms with Gasteiger partial charge in [0.2, 0.25) is 0 Å². The standard InChI is InChI=1S/C14H19N/c1-10(2)7-13-8-12-6-4-5-11(3)14(12)9-15-13/h4-6,9-10,13H,7-8H2,1-3H3. The van der Waals surface area contributed by atoms with E-state index in [0.29, 0.717) is 6.04 Å². The molecule has 1 aromatic carbocycles. The maximum Gasteiger partial charge on any atom is 0.0542 e. The fourth-order valence-corrected chi connectivity index (χ4v) is 2.28. The van der Waals surface area contributed by atoms with E-state index in [2.05, 4.69) is 50.2 Å². The maximum atomic E-state index is 4.65. The molecule has 0 radical (unpaired) electrons. The van der Waals surface area contributed by atoms with Gasteiger partial charge in [0.25, 0.3) is 0 Å². The Morgan fingerprint density at radius 3 is 2.93 bits per heavy atom. The van der Waals surface area contributed by atoms with Gasteiger partial charge in [-0.05, 0) is 42.4 Å². The summed E-state index contributed by atoms with van der Waals surface area (Å²) >= 11 is 0. The van der Waals surface area contributed by atoms with Crippen molar-refractivity contribution in [3.8, 4) is 0 Å². The highest BCUT2D eigenvalue weighted by atomic mass is 14.8. The Labute approximate surface area is 92.2 Å². The van der Waals surface area contributed by atoms with Crippen molar-refractivity contribution in [2.45, 2.75) is 39.7 Å². The van der Waals surface area contributed by atoms with Gasteiger partial charge >= 0.3 is 0 Å². The first kappa shape index (κ1) is 10.4. The van der Waals surface area contributed by atoms with Crippen molar-refractivity contribution >= 4 is 6.21 Å². The summed E-state index contributed by atoms with van der Waals surface area (Å²) in [6, 6.07) is 7.05. The lowest BCUT2D eigenvalue weighted by molar-refractivity contribution is 0.493. The Morgan fingerprint density at radius 1 is 1.40 bits per heavy atom. The summed E-state index contributed by atoms with van der Waals surface area (Å²) in [5, 5.41) is 0. The Hall–Kier alpha value is -1.11. The van der Waals surface area contributed by atoms with Crippen LogP contribution in [0.25, 0.3) is 0 Å². The van der Waals surface area contributed by atoms with Crippen LogP contribution >= 0.6 is 0 Å². The second-order valence-corrected chi connectivity index (χ2v) is 4.91. The average Bonchev–Trinajstić information content (AvgIpc) is 2.17. The van der Waals surface area contributed by atoms with Crippen molar-refractivity contribution in [3.05, 3.63) is 34.9 Å². The summed E-state index contributed by atoms with van der Waals surface area (Å²) < 4.78 is 0. The molecular formula is C14H19N. The summed E-state index contributed by atoms with van der Waals surface area (Å²) in [5.74, 6) is 0.735. The van der Waals surface area contributed by atoms with Crippen LogP contribution in [0.5, 0.6) is 0 Å². The zero-order valence-corrected chi connectivity index (χ0v) is 9.83. The third-order valence-corrected chi connectivity index (χ3v) is 3.03. The Bertz CT molecular complexity index is 377. The predicted molar refractivity (Wildman–Crippen MR) is 65.7 cm³/mol. The number of benzene rings is 1. The van der Waals surface area contributed by atoms with E-state index in [-0.39, 0.29) is 0 Å². The molecule has 1 atom stereocenters. The van der Waals surface area contributed by atoms with Crippen LogP contribution in [0.2, 0.25) is 0 Å². The van der Waals surface area contributed by atoms with Gasteiger partial charge in [0.15, 0.2) is 0 Å². The van der Waals surface area contributed by atoms with Crippen molar-refractivity contribution in [1.29, 1.82) is 0 Å². The van der Waals surface area contributed by atoms with Crippen LogP contribution in [0.15, 0.2) is 23.2 Å². The molecule has 1 aromatic rings. The minimum atomic E-state index is 0.499. The van der Waals surface area contributed by atoms with Crippen molar-refractivity contribution in [2.75, 3.05) is 0 Å². The van der Waals surface area contributed by atoms with Crippen LogP contribution in [-0.4, -0.2) is 12.3 Å². The van der Waals surface area contributed by atoms with E-state index in [9.17, 15) is 0 Å². The lowest BCUT2D eigenvalue weighted by Gasteiger charge is -2.21. The number of hydrogen-bond donors (Lipinski definition) is 0. The second-order valence-electron chi connectivity index (χ2n) is 4.91. The molecule has 1 nitrogen and oxygen atoms in total. The highest BCUT2D eigenvalue weighted by Crippen LogP contribution is 2.22. The number of fused-ring (bicyclic) bond motifs is 1. The van der Waals surface area contributed by atoms with E-state index in [1.165, 1.54) is 23.1 Å². The third kappa shape index (κ3) is 2.28. The maximum absolute atomic E-state index is 4.65. The quantitative estimate of drug-likeness (QED) is 0.695. The highest BCUT2D eigenvalue weighted by Gasteiger charge is 2.16. The van der Waals surface area contributed by atoms with Gasteiger partial charge in [-0.25, -0.2) is 0 Å². The summed E-state index contributed by atoms with van der Waals surface area (Å²) in [6.07, 6.45) is 4.39. The molecule has 0 spiro atoms. The number of aliphatic imine (C=N–C) groups is 1. The van der Waals surface area contributed by atoms with Gasteiger partial charge < -0.3 is 0 Å². The normalized spacial score (nSPS) is 19.3. The van der Waals surface area contributed by atoms with Crippen molar-refractivity contribution in [2.24, 2.45) is 10.9 Å². The lowest BCUT2D eigenvalue weighted by atomic mass is 9.91. The number of rotatable bonds is 2. The molecule has 1 heterocycles. The fraction of sp³-hybridized carbons (Fsp3) is 0.500. The molecule has 1 aliphatic heterocycles. The van der Waals surface area contributed by atoms with E-state index in [1.807, 2.05) is 0 Å². The monoisotopic (exact) mass is 201 g/mol. The van der Waals surface area contributed by atoms with Gasteiger partial charge in [-0.15, -0.1) is 0 Å². The van der Waals surface area contributed by atoms with Crippen molar-refractivity contribution in [3.63, 3.8) is 0 Å². The first-order valence-corrected chi connectivity index (χ1v) is 5.78. The van der Waals surface area contributed by atoms with Crippen LogP contribution in [0.4, 0.5) is 0 Å². The first-order valence-electron chi connectivity index (χ1n) is 5.78. The zero-order valence-electron chi connectivity index (χ0n) is 9.83. The van der Waals surface area contributed by atoms with Gasteiger partial charge in [-0.3, -0.25) is 4.99 Å². The Balaban J connectivity index is 2.21. The van der Waals surface area contributed by atoms with Gasteiger partial charge in [0.1, 0.15) is 0 Å². The fourth-order valence-electron chi connectivity index (χ4n) is 2.28. The van der Waals surface area contributed by atoms with Crippen molar-refractivity contribution in [1.82, 2.24) is 0 Å². The molecule has 0 amide bonds. The third-order valence-electron chi connectivity index (χ3n) is 3.03. The first-order chi connectivity index (χ1) is 7.16. The molecule has 0 fully saturated rings. The van der Waals surface area contributed by atoms with E-state index >= 15 is 0 Å². The zero-order chi connectivity index (χ0) is 10.8. The lowest BCUT2D eigenvalue weighted by Crippen LogP contribution is -2.18. The molecule has 1 aliphatic rings. The van der Waals surface area contributed by atoms with E-state index in [1.54, 1.807) is 0 Å². The second kappa shape index (κ2) is 4.18. The minimum Gasteiger partial charge on any atom is -0.289 e. The minimum absolute atomic E-state index is 0.499. The highest BCUT2D eigenvalue weighted by molar-refractivity contribution is 5.85. The van der Waals surface area contributed by atoms with Gasteiger partial charge in [0, 0.05) is 6.21 Å². The Kier molecular flexibility index (Phi) is 2.90. The molecule has 80 valence electrons. The summed E-state index contributed by atoms with van der Waals surface area (Å²) in [4.78, 5) is 4.65. The van der Waals surface area contributed by atoms with E-state index in [4.69, 9.17) is 0 Å². The molecular weight excluding hydrogens is 182 g/mol. The molecule has 0 saturated heterocycles. The molecule has 2 rings (SSSR count). The number of nitrogens with zero attached hydrogens (tertiary/aromatic N) is 1. The number of hydrogen-bond acceptors (Lipinski definition) is 1. The van der Waals surface area contributed by atoms with Crippen LogP contribution in [0, 0.1) is 12.8 Å². The van der Waals surface area contributed by atoms with Crippen LogP contribution in [0.3, 0.4) is 0 Å².